The van der Waals surface area contributed by atoms with Crippen LogP contribution in [0.4, 0.5) is 0 Å². The van der Waals surface area contributed by atoms with Crippen molar-refractivity contribution in [3.63, 3.8) is 0 Å². The van der Waals surface area contributed by atoms with Crippen molar-refractivity contribution in [1.82, 2.24) is 15.0 Å². The summed E-state index contributed by atoms with van der Waals surface area (Å²) >= 11 is 0. The van der Waals surface area contributed by atoms with E-state index in [-0.39, 0.29) is 11.8 Å². The smallest absolute Gasteiger partial charge is 0.358 e. The topological polar surface area (TPSA) is 77.2 Å². The number of aryl methyl sites for hydroxylation is 1. The van der Waals surface area contributed by atoms with Gasteiger partial charge in [-0.05, 0) is 19.8 Å². The lowest BCUT2D eigenvalue weighted by molar-refractivity contribution is 0.0672. The zero-order chi connectivity index (χ0) is 10.8. The standard InChI is InChI=1S/C9H13N3O3/c1-2-12-8(6-4-3-5-15-6)7(9(13)14)10-11-12/h6H,2-5H2,1H3,(H,13,14). The first-order valence-corrected chi connectivity index (χ1v) is 5.02. The third kappa shape index (κ3) is 1.72. The van der Waals surface area contributed by atoms with E-state index in [9.17, 15) is 4.79 Å². The fourth-order valence-electron chi connectivity index (χ4n) is 1.82. The van der Waals surface area contributed by atoms with E-state index >= 15 is 0 Å². The summed E-state index contributed by atoms with van der Waals surface area (Å²) in [5, 5.41) is 16.4. The van der Waals surface area contributed by atoms with Crippen LogP contribution in [0.25, 0.3) is 0 Å². The molecule has 0 bridgehead atoms. The fourth-order valence-corrected chi connectivity index (χ4v) is 1.82. The Morgan fingerprint density at radius 3 is 3.07 bits per heavy atom. The molecule has 6 heteroatoms. The first-order chi connectivity index (χ1) is 7.24. The highest BCUT2D eigenvalue weighted by Gasteiger charge is 2.28. The Balaban J connectivity index is 2.39. The van der Waals surface area contributed by atoms with Gasteiger partial charge in [0.1, 0.15) is 11.8 Å². The van der Waals surface area contributed by atoms with Gasteiger partial charge in [-0.15, -0.1) is 5.10 Å². The second-order valence-electron chi connectivity index (χ2n) is 3.45. The second kappa shape index (κ2) is 3.98. The minimum Gasteiger partial charge on any atom is -0.476 e. The Bertz CT molecular complexity index is 369. The fraction of sp³-hybridized carbons (Fsp3) is 0.667. The molecule has 1 aromatic heterocycles. The van der Waals surface area contributed by atoms with Gasteiger partial charge in [0.05, 0.1) is 0 Å². The number of nitrogens with zero attached hydrogens (tertiary/aromatic N) is 3. The van der Waals surface area contributed by atoms with E-state index in [4.69, 9.17) is 9.84 Å². The van der Waals surface area contributed by atoms with Crippen molar-refractivity contribution in [3.05, 3.63) is 11.4 Å². The quantitative estimate of drug-likeness (QED) is 0.801. The predicted molar refractivity (Wildman–Crippen MR) is 50.6 cm³/mol. The van der Waals surface area contributed by atoms with Crippen molar-refractivity contribution in [2.24, 2.45) is 0 Å². The normalized spacial score (nSPS) is 20.7. The average molecular weight is 211 g/mol. The Labute approximate surface area is 86.8 Å². The van der Waals surface area contributed by atoms with Crippen LogP contribution in [0, 0.1) is 0 Å². The van der Waals surface area contributed by atoms with Gasteiger partial charge in [0.25, 0.3) is 0 Å². The molecule has 0 radical (unpaired) electrons. The summed E-state index contributed by atoms with van der Waals surface area (Å²) in [5.74, 6) is -1.04. The molecule has 6 nitrogen and oxygen atoms in total. The van der Waals surface area contributed by atoms with Crippen LogP contribution in [0.2, 0.25) is 0 Å². The lowest BCUT2D eigenvalue weighted by atomic mass is 10.1. The number of carbonyl (C=O) groups is 1. The number of ether oxygens (including phenoxy) is 1. The molecular formula is C9H13N3O3. The molecule has 2 heterocycles. The largest absolute Gasteiger partial charge is 0.476 e. The predicted octanol–water partition coefficient (Wildman–Crippen LogP) is 0.848. The molecule has 1 atom stereocenters. The summed E-state index contributed by atoms with van der Waals surface area (Å²) in [6, 6.07) is 0. The second-order valence-corrected chi connectivity index (χ2v) is 3.45. The van der Waals surface area contributed by atoms with Crippen molar-refractivity contribution in [2.45, 2.75) is 32.4 Å². The van der Waals surface area contributed by atoms with Gasteiger partial charge in [-0.3, -0.25) is 0 Å². The Kier molecular flexibility index (Phi) is 2.68. The Morgan fingerprint density at radius 1 is 1.73 bits per heavy atom. The lowest BCUT2D eigenvalue weighted by Gasteiger charge is -2.10. The maximum absolute atomic E-state index is 10.9. The van der Waals surface area contributed by atoms with Crippen LogP contribution in [0.3, 0.4) is 0 Å². The van der Waals surface area contributed by atoms with Crippen LogP contribution in [-0.4, -0.2) is 32.7 Å². The van der Waals surface area contributed by atoms with Gasteiger partial charge >= 0.3 is 5.97 Å². The molecule has 1 N–H and O–H groups in total. The highest BCUT2D eigenvalue weighted by atomic mass is 16.5. The molecule has 1 aromatic rings. The molecule has 0 spiro atoms. The van der Waals surface area contributed by atoms with Gasteiger partial charge in [0, 0.05) is 13.2 Å². The van der Waals surface area contributed by atoms with Crippen molar-refractivity contribution in [1.29, 1.82) is 0 Å². The Morgan fingerprint density at radius 2 is 2.53 bits per heavy atom. The van der Waals surface area contributed by atoms with Crippen LogP contribution < -0.4 is 0 Å². The molecule has 0 aliphatic carbocycles. The molecule has 1 unspecified atom stereocenters. The van der Waals surface area contributed by atoms with Crippen LogP contribution in [0.15, 0.2) is 0 Å². The first-order valence-electron chi connectivity index (χ1n) is 5.02. The van der Waals surface area contributed by atoms with Crippen molar-refractivity contribution in [2.75, 3.05) is 6.61 Å². The van der Waals surface area contributed by atoms with E-state index in [0.717, 1.165) is 12.8 Å². The SMILES string of the molecule is CCn1nnc(C(=O)O)c1C1CCCO1. The number of aromatic nitrogens is 3. The highest BCUT2D eigenvalue weighted by Crippen LogP contribution is 2.29. The van der Waals surface area contributed by atoms with Crippen LogP contribution >= 0.6 is 0 Å². The van der Waals surface area contributed by atoms with Gasteiger partial charge in [0.2, 0.25) is 0 Å². The first kappa shape index (κ1) is 10.1. The molecule has 2 rings (SSSR count). The number of hydrogen-bond donors (Lipinski definition) is 1. The summed E-state index contributed by atoms with van der Waals surface area (Å²) in [4.78, 5) is 10.9. The molecular weight excluding hydrogens is 198 g/mol. The maximum Gasteiger partial charge on any atom is 0.358 e. The lowest BCUT2D eigenvalue weighted by Crippen LogP contribution is -2.11. The van der Waals surface area contributed by atoms with Crippen LogP contribution in [0.5, 0.6) is 0 Å². The van der Waals surface area contributed by atoms with Crippen molar-refractivity contribution in [3.8, 4) is 0 Å². The van der Waals surface area contributed by atoms with Gasteiger partial charge in [-0.2, -0.15) is 0 Å². The van der Waals surface area contributed by atoms with E-state index in [0.29, 0.717) is 18.8 Å². The highest BCUT2D eigenvalue weighted by molar-refractivity contribution is 5.86. The number of carboxylic acid groups (broad SMARTS) is 1. The van der Waals surface area contributed by atoms with Crippen LogP contribution in [-0.2, 0) is 11.3 Å². The summed E-state index contributed by atoms with van der Waals surface area (Å²) in [6.45, 7) is 3.19. The molecule has 1 aliphatic rings. The number of carboxylic acids is 1. The van der Waals surface area contributed by atoms with E-state index in [1.54, 1.807) is 4.68 Å². The monoisotopic (exact) mass is 211 g/mol. The molecule has 0 amide bonds. The molecule has 1 aliphatic heterocycles. The molecule has 0 saturated carbocycles. The minimum absolute atomic E-state index is 0.0174. The van der Waals surface area contributed by atoms with E-state index in [1.807, 2.05) is 6.92 Å². The number of aromatic carboxylic acids is 1. The summed E-state index contributed by atoms with van der Waals surface area (Å²) < 4.78 is 7.06. The van der Waals surface area contributed by atoms with Gasteiger partial charge in [0.15, 0.2) is 5.69 Å². The van der Waals surface area contributed by atoms with Crippen molar-refractivity contribution < 1.29 is 14.6 Å². The van der Waals surface area contributed by atoms with E-state index in [2.05, 4.69) is 10.3 Å². The third-order valence-electron chi connectivity index (χ3n) is 2.51. The zero-order valence-electron chi connectivity index (χ0n) is 8.51. The number of rotatable bonds is 3. The molecule has 1 saturated heterocycles. The molecule has 15 heavy (non-hydrogen) atoms. The molecule has 1 fully saturated rings. The summed E-state index contributed by atoms with van der Waals surface area (Å²) in [6.07, 6.45) is 1.64. The summed E-state index contributed by atoms with van der Waals surface area (Å²) in [7, 11) is 0. The van der Waals surface area contributed by atoms with E-state index in [1.165, 1.54) is 0 Å². The van der Waals surface area contributed by atoms with Crippen LogP contribution in [0.1, 0.15) is 42.1 Å². The van der Waals surface area contributed by atoms with Gasteiger partial charge < -0.3 is 9.84 Å². The van der Waals surface area contributed by atoms with Crippen molar-refractivity contribution >= 4 is 5.97 Å². The Hall–Kier alpha value is -1.43. The van der Waals surface area contributed by atoms with Gasteiger partial charge in [-0.25, -0.2) is 9.48 Å². The average Bonchev–Trinajstić information content (AvgIpc) is 2.85. The number of hydrogen-bond acceptors (Lipinski definition) is 4. The maximum atomic E-state index is 10.9. The zero-order valence-corrected chi connectivity index (χ0v) is 8.51. The summed E-state index contributed by atoms with van der Waals surface area (Å²) in [5.41, 5.74) is 0.617. The molecule has 82 valence electrons. The minimum atomic E-state index is -1.04. The van der Waals surface area contributed by atoms with E-state index < -0.39 is 5.97 Å². The van der Waals surface area contributed by atoms with Gasteiger partial charge in [-0.1, -0.05) is 5.21 Å². The third-order valence-corrected chi connectivity index (χ3v) is 2.51. The molecule has 0 aromatic carbocycles.